The van der Waals surface area contributed by atoms with E-state index in [1.165, 1.54) is 12.1 Å². The zero-order valence-corrected chi connectivity index (χ0v) is 17.8. The highest BCUT2D eigenvalue weighted by Crippen LogP contribution is 2.30. The molecule has 6 nitrogen and oxygen atoms in total. The summed E-state index contributed by atoms with van der Waals surface area (Å²) in [5.41, 5.74) is 3.43. The third kappa shape index (κ3) is 5.20. The van der Waals surface area contributed by atoms with Crippen molar-refractivity contribution in [1.29, 1.82) is 0 Å². The van der Waals surface area contributed by atoms with Crippen molar-refractivity contribution in [1.82, 2.24) is 15.2 Å². The molecule has 0 bridgehead atoms. The van der Waals surface area contributed by atoms with Crippen LogP contribution < -0.4 is 5.32 Å². The molecule has 0 fully saturated rings. The Hall–Kier alpha value is -3.42. The van der Waals surface area contributed by atoms with Gasteiger partial charge in [-0.1, -0.05) is 84.0 Å². The molecule has 0 saturated heterocycles. The number of phenols is 1. The Bertz CT molecular complexity index is 1210. The fourth-order valence-corrected chi connectivity index (χ4v) is 3.64. The number of rotatable bonds is 6. The van der Waals surface area contributed by atoms with Crippen LogP contribution in [0.1, 0.15) is 0 Å². The molecule has 4 rings (SSSR count). The Morgan fingerprint density at radius 2 is 1.55 bits per heavy atom. The van der Waals surface area contributed by atoms with Gasteiger partial charge in [-0.25, -0.2) is 4.98 Å². The highest BCUT2D eigenvalue weighted by Gasteiger charge is 2.15. The smallest absolute Gasteiger partial charge is 0.234 e. The minimum Gasteiger partial charge on any atom is -0.506 e. The fraction of sp³-hybridized carbons (Fsp3) is 0.0435. The van der Waals surface area contributed by atoms with Gasteiger partial charge in [-0.05, 0) is 18.2 Å². The molecule has 4 aromatic rings. The molecular weight excluding hydrogens is 432 g/mol. The van der Waals surface area contributed by atoms with E-state index in [1.54, 1.807) is 6.07 Å². The number of phenolic OH excluding ortho intramolecular Hbond substituents is 1. The third-order valence-electron chi connectivity index (χ3n) is 4.33. The molecule has 0 aliphatic rings. The Balaban J connectivity index is 1.55. The molecule has 0 spiro atoms. The first-order valence-electron chi connectivity index (χ1n) is 9.37. The maximum absolute atomic E-state index is 12.3. The maximum Gasteiger partial charge on any atom is 0.234 e. The largest absolute Gasteiger partial charge is 0.506 e. The van der Waals surface area contributed by atoms with Gasteiger partial charge in [-0.2, -0.15) is 0 Å². The van der Waals surface area contributed by atoms with E-state index in [9.17, 15) is 9.90 Å². The quantitative estimate of drug-likeness (QED) is 0.307. The molecule has 0 atom stereocenters. The fourth-order valence-electron chi connectivity index (χ4n) is 2.88. The monoisotopic (exact) mass is 448 g/mol. The molecule has 154 valence electrons. The molecule has 0 saturated carbocycles. The summed E-state index contributed by atoms with van der Waals surface area (Å²) in [5.74, 6) is -0.328. The SMILES string of the molecule is O=C(CSc1nnc(-c2ccccc2)c(-c2ccccc2)n1)Nc1cc(Cl)ccc1O. The number of carbonyl (C=O) groups excluding carboxylic acids is 1. The highest BCUT2D eigenvalue weighted by molar-refractivity contribution is 7.99. The molecule has 0 unspecified atom stereocenters. The summed E-state index contributed by atoms with van der Waals surface area (Å²) in [6, 6.07) is 23.9. The zero-order valence-electron chi connectivity index (χ0n) is 16.2. The first-order chi connectivity index (χ1) is 15.1. The Labute approximate surface area is 188 Å². The number of benzene rings is 3. The van der Waals surface area contributed by atoms with Crippen molar-refractivity contribution in [3.63, 3.8) is 0 Å². The van der Waals surface area contributed by atoms with E-state index in [-0.39, 0.29) is 23.1 Å². The zero-order chi connectivity index (χ0) is 21.6. The number of halogens is 1. The number of anilines is 1. The number of aromatic nitrogens is 3. The van der Waals surface area contributed by atoms with Crippen LogP contribution in [0, 0.1) is 0 Å². The average Bonchev–Trinajstić information content (AvgIpc) is 2.81. The molecule has 31 heavy (non-hydrogen) atoms. The van der Waals surface area contributed by atoms with Crippen molar-refractivity contribution in [2.45, 2.75) is 5.16 Å². The van der Waals surface area contributed by atoms with Crippen LogP contribution in [0.25, 0.3) is 22.5 Å². The molecule has 3 aromatic carbocycles. The van der Waals surface area contributed by atoms with E-state index in [4.69, 9.17) is 11.6 Å². The normalized spacial score (nSPS) is 10.6. The standard InChI is InChI=1S/C23H17ClN4O2S/c24-17-11-12-19(29)18(13-17)25-20(30)14-31-23-26-21(15-7-3-1-4-8-15)22(27-28-23)16-9-5-2-6-10-16/h1-13,29H,14H2,(H,25,30). The average molecular weight is 449 g/mol. The van der Waals surface area contributed by atoms with Crippen molar-refractivity contribution in [3.05, 3.63) is 83.9 Å². The van der Waals surface area contributed by atoms with E-state index < -0.39 is 0 Å². The summed E-state index contributed by atoms with van der Waals surface area (Å²) in [6.45, 7) is 0. The van der Waals surface area contributed by atoms with Crippen molar-refractivity contribution >= 4 is 35.0 Å². The Kier molecular flexibility index (Phi) is 6.45. The first kappa shape index (κ1) is 20.8. The summed E-state index contributed by atoms with van der Waals surface area (Å²) in [6.07, 6.45) is 0. The van der Waals surface area contributed by atoms with Crippen LogP contribution in [0.3, 0.4) is 0 Å². The lowest BCUT2D eigenvalue weighted by Gasteiger charge is -2.10. The summed E-state index contributed by atoms with van der Waals surface area (Å²) in [4.78, 5) is 17.0. The van der Waals surface area contributed by atoms with Gasteiger partial charge in [0.15, 0.2) is 0 Å². The number of carbonyl (C=O) groups is 1. The van der Waals surface area contributed by atoms with Gasteiger partial charge in [-0.15, -0.1) is 10.2 Å². The predicted molar refractivity (Wildman–Crippen MR) is 123 cm³/mol. The van der Waals surface area contributed by atoms with Crippen LogP contribution in [0.4, 0.5) is 5.69 Å². The van der Waals surface area contributed by atoms with Crippen LogP contribution in [-0.4, -0.2) is 31.9 Å². The molecule has 1 amide bonds. The number of nitrogens with one attached hydrogen (secondary N) is 1. The van der Waals surface area contributed by atoms with E-state index >= 15 is 0 Å². The molecule has 0 aliphatic heterocycles. The summed E-state index contributed by atoms with van der Waals surface area (Å²) in [7, 11) is 0. The van der Waals surface area contributed by atoms with Gasteiger partial charge >= 0.3 is 0 Å². The predicted octanol–water partition coefficient (Wildman–Crippen LogP) is 5.30. The molecule has 0 aliphatic carbocycles. The topological polar surface area (TPSA) is 88.0 Å². The Morgan fingerprint density at radius 3 is 2.23 bits per heavy atom. The van der Waals surface area contributed by atoms with Crippen LogP contribution in [0.2, 0.25) is 5.02 Å². The number of hydrogen-bond donors (Lipinski definition) is 2. The molecule has 1 heterocycles. The van der Waals surface area contributed by atoms with E-state index in [0.717, 1.165) is 22.9 Å². The summed E-state index contributed by atoms with van der Waals surface area (Å²) >= 11 is 7.08. The number of hydrogen-bond acceptors (Lipinski definition) is 6. The number of aromatic hydroxyl groups is 1. The van der Waals surface area contributed by atoms with Gasteiger partial charge in [0.25, 0.3) is 0 Å². The molecule has 1 aromatic heterocycles. The van der Waals surface area contributed by atoms with E-state index in [1.807, 2.05) is 60.7 Å². The van der Waals surface area contributed by atoms with Crippen molar-refractivity contribution in [2.24, 2.45) is 0 Å². The summed E-state index contributed by atoms with van der Waals surface area (Å²) in [5, 5.41) is 21.9. The van der Waals surface area contributed by atoms with Crippen LogP contribution >= 0.6 is 23.4 Å². The first-order valence-corrected chi connectivity index (χ1v) is 10.7. The molecular formula is C23H17ClN4O2S. The second kappa shape index (κ2) is 9.59. The van der Waals surface area contributed by atoms with E-state index in [2.05, 4.69) is 20.5 Å². The lowest BCUT2D eigenvalue weighted by atomic mass is 10.0. The number of amides is 1. The highest BCUT2D eigenvalue weighted by atomic mass is 35.5. The molecule has 8 heteroatoms. The second-order valence-electron chi connectivity index (χ2n) is 6.52. The number of nitrogens with zero attached hydrogens (tertiary/aromatic N) is 3. The van der Waals surface area contributed by atoms with Gasteiger partial charge in [0, 0.05) is 16.1 Å². The van der Waals surface area contributed by atoms with Crippen molar-refractivity contribution in [3.8, 4) is 28.3 Å². The van der Waals surface area contributed by atoms with Gasteiger partial charge in [-0.3, -0.25) is 4.79 Å². The number of thioether (sulfide) groups is 1. The van der Waals surface area contributed by atoms with Crippen LogP contribution in [0.15, 0.2) is 84.0 Å². The van der Waals surface area contributed by atoms with Gasteiger partial charge in [0.05, 0.1) is 11.4 Å². The van der Waals surface area contributed by atoms with Crippen molar-refractivity contribution < 1.29 is 9.90 Å². The lowest BCUT2D eigenvalue weighted by Crippen LogP contribution is -2.14. The van der Waals surface area contributed by atoms with E-state index in [0.29, 0.717) is 21.6 Å². The van der Waals surface area contributed by atoms with Gasteiger partial charge < -0.3 is 10.4 Å². The van der Waals surface area contributed by atoms with Gasteiger partial charge in [0.1, 0.15) is 17.1 Å². The molecule has 2 N–H and O–H groups in total. The van der Waals surface area contributed by atoms with Crippen molar-refractivity contribution in [2.75, 3.05) is 11.1 Å². The molecule has 0 radical (unpaired) electrons. The lowest BCUT2D eigenvalue weighted by molar-refractivity contribution is -0.113. The Morgan fingerprint density at radius 1 is 0.903 bits per heavy atom. The minimum atomic E-state index is -0.320. The summed E-state index contributed by atoms with van der Waals surface area (Å²) < 4.78 is 0. The maximum atomic E-state index is 12.3. The van der Waals surface area contributed by atoms with Crippen LogP contribution in [-0.2, 0) is 4.79 Å². The third-order valence-corrected chi connectivity index (χ3v) is 5.40. The van der Waals surface area contributed by atoms with Crippen LogP contribution in [0.5, 0.6) is 5.75 Å². The second-order valence-corrected chi connectivity index (χ2v) is 7.90. The minimum absolute atomic E-state index is 0.0482. The van der Waals surface area contributed by atoms with Gasteiger partial charge in [0.2, 0.25) is 11.1 Å².